The van der Waals surface area contributed by atoms with Crippen LogP contribution in [0.3, 0.4) is 0 Å². The lowest BCUT2D eigenvalue weighted by atomic mass is 9.98. The van der Waals surface area contributed by atoms with Crippen LogP contribution in [0.1, 0.15) is 48.5 Å². The molecule has 2 saturated heterocycles. The van der Waals surface area contributed by atoms with Crippen molar-refractivity contribution < 1.29 is 18.0 Å². The number of nitrogens with two attached hydrogens (primary N) is 1. The number of alkyl halides is 3. The molecular formula is C24H29F3N6O. The standard InChI is InChI=1S/C24H29F3N6O/c1-16-14-33(29-2)21(30-22(16)31-12-10-17(28)15-31)13-18-7-5-6-11-32(18)23(34)19-8-3-4-9-20(19)24(25,26)27/h3-4,8-9,13-14,17-18H,2,5-7,10-12,15,28H2,1H3/b21-13-/t17-,18?/m0/s1. The molecule has 2 N–H and O–H groups in total. The molecule has 3 aliphatic rings. The Kier molecular flexibility index (Phi) is 6.79. The molecule has 7 nitrogen and oxygen atoms in total. The highest BCUT2D eigenvalue weighted by atomic mass is 19.4. The van der Waals surface area contributed by atoms with Gasteiger partial charge in [-0.15, -0.1) is 0 Å². The van der Waals surface area contributed by atoms with E-state index in [9.17, 15) is 18.0 Å². The number of nitrogens with zero attached hydrogens (tertiary/aromatic N) is 5. The zero-order chi connectivity index (χ0) is 24.5. The van der Waals surface area contributed by atoms with Gasteiger partial charge in [-0.1, -0.05) is 12.1 Å². The van der Waals surface area contributed by atoms with Gasteiger partial charge in [0.25, 0.3) is 5.91 Å². The van der Waals surface area contributed by atoms with Crippen LogP contribution in [0.15, 0.2) is 58.0 Å². The second-order valence-corrected chi connectivity index (χ2v) is 8.86. The normalized spacial score (nSPS) is 24.9. The van der Waals surface area contributed by atoms with Gasteiger partial charge in [-0.2, -0.15) is 18.3 Å². The van der Waals surface area contributed by atoms with Crippen LogP contribution < -0.4 is 5.73 Å². The number of hydrogen-bond acceptors (Lipinski definition) is 6. The number of halogens is 3. The number of carbonyl (C=O) groups excluding carboxylic acids is 1. The Bertz CT molecular complexity index is 1050. The fourth-order valence-electron chi connectivity index (χ4n) is 4.71. The summed E-state index contributed by atoms with van der Waals surface area (Å²) in [7, 11) is 0. The van der Waals surface area contributed by atoms with Gasteiger partial charge in [0.05, 0.1) is 17.2 Å². The zero-order valence-electron chi connectivity index (χ0n) is 19.1. The fourth-order valence-corrected chi connectivity index (χ4v) is 4.71. The molecular weight excluding hydrogens is 445 g/mol. The summed E-state index contributed by atoms with van der Waals surface area (Å²) in [6, 6.07) is 4.59. The number of amidine groups is 1. The molecule has 182 valence electrons. The largest absolute Gasteiger partial charge is 0.417 e. The molecule has 2 fully saturated rings. The number of amides is 1. The third kappa shape index (κ3) is 4.86. The Labute approximate surface area is 197 Å². The number of likely N-dealkylation sites (tertiary alicyclic amines) is 2. The maximum atomic E-state index is 13.6. The van der Waals surface area contributed by atoms with Crippen LogP contribution in [0.2, 0.25) is 0 Å². The molecule has 4 rings (SSSR count). The molecule has 0 aliphatic carbocycles. The number of hydrogen-bond donors (Lipinski definition) is 1. The number of rotatable bonds is 3. The van der Waals surface area contributed by atoms with E-state index in [1.165, 1.54) is 28.1 Å². The summed E-state index contributed by atoms with van der Waals surface area (Å²) >= 11 is 0. The van der Waals surface area contributed by atoms with Crippen molar-refractivity contribution in [1.29, 1.82) is 0 Å². The van der Waals surface area contributed by atoms with Gasteiger partial charge < -0.3 is 15.5 Å². The zero-order valence-corrected chi connectivity index (χ0v) is 19.1. The van der Waals surface area contributed by atoms with E-state index < -0.39 is 23.7 Å². The maximum Gasteiger partial charge on any atom is 0.417 e. The second kappa shape index (κ2) is 9.61. The molecule has 1 aromatic carbocycles. The minimum Gasteiger partial charge on any atom is -0.355 e. The summed E-state index contributed by atoms with van der Waals surface area (Å²) in [5, 5.41) is 5.57. The Morgan fingerprint density at radius 2 is 2.00 bits per heavy atom. The van der Waals surface area contributed by atoms with Gasteiger partial charge in [-0.05, 0) is 50.8 Å². The maximum absolute atomic E-state index is 13.6. The van der Waals surface area contributed by atoms with E-state index in [2.05, 4.69) is 16.7 Å². The van der Waals surface area contributed by atoms with Crippen LogP contribution in [-0.4, -0.2) is 65.0 Å². The van der Waals surface area contributed by atoms with E-state index >= 15 is 0 Å². The third-order valence-corrected chi connectivity index (χ3v) is 6.41. The van der Waals surface area contributed by atoms with Crippen molar-refractivity contribution in [2.75, 3.05) is 19.6 Å². The average Bonchev–Trinajstić information content (AvgIpc) is 3.25. The first-order valence-electron chi connectivity index (χ1n) is 11.4. The Morgan fingerprint density at radius 3 is 2.68 bits per heavy atom. The first kappa shape index (κ1) is 24.0. The molecule has 0 saturated carbocycles. The molecule has 0 aromatic heterocycles. The van der Waals surface area contributed by atoms with E-state index in [0.717, 1.165) is 43.3 Å². The first-order chi connectivity index (χ1) is 16.2. The highest BCUT2D eigenvalue weighted by Gasteiger charge is 2.37. The molecule has 3 heterocycles. The monoisotopic (exact) mass is 474 g/mol. The molecule has 10 heteroatoms. The predicted octanol–water partition coefficient (Wildman–Crippen LogP) is 3.81. The molecule has 0 bridgehead atoms. The van der Waals surface area contributed by atoms with Crippen LogP contribution in [0.25, 0.3) is 0 Å². The van der Waals surface area contributed by atoms with Crippen LogP contribution >= 0.6 is 0 Å². The third-order valence-electron chi connectivity index (χ3n) is 6.41. The SMILES string of the molecule is C=NN1C=C(C)C(N2CC[C@H](N)C2)=N/C1=C/C1CCCCN1C(=O)c1ccccc1C(F)(F)F. The smallest absolute Gasteiger partial charge is 0.355 e. The molecule has 1 aromatic rings. The fraction of sp³-hybridized carbons (Fsp3) is 0.458. The van der Waals surface area contributed by atoms with Gasteiger partial charge >= 0.3 is 6.18 Å². The first-order valence-corrected chi connectivity index (χ1v) is 11.4. The summed E-state index contributed by atoms with van der Waals surface area (Å²) in [6.07, 6.45) is 2.09. The van der Waals surface area contributed by atoms with Gasteiger partial charge in [-0.3, -0.25) is 4.79 Å². The quantitative estimate of drug-likeness (QED) is 0.676. The highest BCUT2D eigenvalue weighted by Crippen LogP contribution is 2.34. The van der Waals surface area contributed by atoms with Gasteiger partial charge in [0, 0.05) is 44.2 Å². The van der Waals surface area contributed by atoms with Crippen LogP contribution in [0, 0.1) is 0 Å². The van der Waals surface area contributed by atoms with Gasteiger partial charge in [0.15, 0.2) is 5.82 Å². The minimum absolute atomic E-state index is 0.0821. The van der Waals surface area contributed by atoms with E-state index in [0.29, 0.717) is 25.3 Å². The molecule has 0 spiro atoms. The van der Waals surface area contributed by atoms with Crippen molar-refractivity contribution in [2.45, 2.75) is 50.9 Å². The summed E-state index contributed by atoms with van der Waals surface area (Å²) in [4.78, 5) is 21.7. The lowest BCUT2D eigenvalue weighted by Gasteiger charge is -2.36. The van der Waals surface area contributed by atoms with Crippen molar-refractivity contribution in [3.63, 3.8) is 0 Å². The van der Waals surface area contributed by atoms with Crippen molar-refractivity contribution in [3.05, 3.63) is 59.1 Å². The summed E-state index contributed by atoms with van der Waals surface area (Å²) < 4.78 is 40.7. The molecule has 1 amide bonds. The van der Waals surface area contributed by atoms with Gasteiger partial charge in [0.1, 0.15) is 5.84 Å². The van der Waals surface area contributed by atoms with Crippen LogP contribution in [-0.2, 0) is 6.18 Å². The summed E-state index contributed by atoms with van der Waals surface area (Å²) in [5.74, 6) is 0.643. The van der Waals surface area contributed by atoms with Crippen molar-refractivity contribution >= 4 is 18.5 Å². The van der Waals surface area contributed by atoms with Crippen LogP contribution in [0.5, 0.6) is 0 Å². The Morgan fingerprint density at radius 1 is 1.24 bits per heavy atom. The number of piperidine rings is 1. The van der Waals surface area contributed by atoms with Crippen LogP contribution in [0.4, 0.5) is 13.2 Å². The summed E-state index contributed by atoms with van der Waals surface area (Å²) in [6.45, 7) is 7.41. The average molecular weight is 475 g/mol. The molecule has 1 unspecified atom stereocenters. The number of carbonyl (C=O) groups is 1. The van der Waals surface area contributed by atoms with Crippen molar-refractivity contribution in [1.82, 2.24) is 14.8 Å². The van der Waals surface area contributed by atoms with Crippen molar-refractivity contribution in [3.8, 4) is 0 Å². The van der Waals surface area contributed by atoms with E-state index in [1.807, 2.05) is 13.1 Å². The topological polar surface area (TPSA) is 77.5 Å². The number of benzene rings is 1. The lowest BCUT2D eigenvalue weighted by molar-refractivity contribution is -0.138. The molecule has 34 heavy (non-hydrogen) atoms. The number of hydrazone groups is 1. The predicted molar refractivity (Wildman–Crippen MR) is 125 cm³/mol. The number of aliphatic imine (C=N–C) groups is 1. The van der Waals surface area contributed by atoms with E-state index in [-0.39, 0.29) is 11.6 Å². The Balaban J connectivity index is 1.67. The van der Waals surface area contributed by atoms with Gasteiger partial charge in [-0.25, -0.2) is 10.0 Å². The highest BCUT2D eigenvalue weighted by molar-refractivity contribution is 5.99. The van der Waals surface area contributed by atoms with Crippen molar-refractivity contribution in [2.24, 2.45) is 15.8 Å². The second-order valence-electron chi connectivity index (χ2n) is 8.86. The minimum atomic E-state index is -4.61. The lowest BCUT2D eigenvalue weighted by Crippen LogP contribution is -2.44. The summed E-state index contributed by atoms with van der Waals surface area (Å²) in [5.41, 5.74) is 5.72. The molecule has 3 aliphatic heterocycles. The Hall–Kier alpha value is -3.14. The molecule has 2 atom stereocenters. The molecule has 0 radical (unpaired) electrons. The van der Waals surface area contributed by atoms with E-state index in [4.69, 9.17) is 10.7 Å². The van der Waals surface area contributed by atoms with E-state index in [1.54, 1.807) is 6.08 Å². The van der Waals surface area contributed by atoms with Gasteiger partial charge in [0.2, 0.25) is 0 Å².